The highest BCUT2D eigenvalue weighted by molar-refractivity contribution is 5.22. The van der Waals surface area contributed by atoms with E-state index >= 15 is 0 Å². The summed E-state index contributed by atoms with van der Waals surface area (Å²) in [7, 11) is 0. The van der Waals surface area contributed by atoms with Crippen LogP contribution in [0.5, 0.6) is 0 Å². The van der Waals surface area contributed by atoms with Gasteiger partial charge in [0.25, 0.3) is 0 Å². The van der Waals surface area contributed by atoms with Crippen molar-refractivity contribution in [3.05, 3.63) is 35.4 Å². The largest absolute Gasteiger partial charge is 0.389 e. The van der Waals surface area contributed by atoms with E-state index in [-0.39, 0.29) is 6.10 Å². The Hall–Kier alpha value is -0.820. The lowest BCUT2D eigenvalue weighted by Gasteiger charge is -2.02. The first-order valence-electron chi connectivity index (χ1n) is 4.45. The number of hydrogen-bond donors (Lipinski definition) is 1. The molecule has 0 spiro atoms. The minimum Gasteiger partial charge on any atom is -0.389 e. The molecule has 0 aliphatic heterocycles. The maximum atomic E-state index is 9.11. The zero-order valence-electron chi connectivity index (χ0n) is 8.33. The van der Waals surface area contributed by atoms with Crippen molar-refractivity contribution in [1.82, 2.24) is 0 Å². The topological polar surface area (TPSA) is 20.2 Å². The molecule has 0 heterocycles. The van der Waals surface area contributed by atoms with Gasteiger partial charge >= 0.3 is 0 Å². The van der Waals surface area contributed by atoms with E-state index in [0.717, 1.165) is 5.56 Å². The number of aliphatic hydroxyl groups excluding tert-OH is 1. The molecule has 1 N–H and O–H groups in total. The number of rotatable bonds is 1. The van der Waals surface area contributed by atoms with Crippen molar-refractivity contribution in [2.75, 3.05) is 0 Å². The highest BCUT2D eigenvalue weighted by Gasteiger charge is 1.96. The van der Waals surface area contributed by atoms with E-state index in [1.807, 2.05) is 45.0 Å². The number of hydrogen-bond acceptors (Lipinski definition) is 1. The van der Waals surface area contributed by atoms with E-state index in [1.165, 1.54) is 5.56 Å². The summed E-state index contributed by atoms with van der Waals surface area (Å²) in [6, 6.07) is 7.89. The molecule has 68 valence electrons. The van der Waals surface area contributed by atoms with Gasteiger partial charge in [-0.2, -0.15) is 0 Å². The fraction of sp³-hybridized carbons (Fsp3) is 0.455. The summed E-state index contributed by atoms with van der Waals surface area (Å²) in [5.41, 5.74) is 2.20. The molecule has 0 aromatic heterocycles. The predicted molar refractivity (Wildman–Crippen MR) is 53.2 cm³/mol. The molecule has 1 rings (SSSR count). The van der Waals surface area contributed by atoms with E-state index in [9.17, 15) is 0 Å². The van der Waals surface area contributed by atoms with E-state index in [1.54, 1.807) is 6.92 Å². The van der Waals surface area contributed by atoms with Crippen LogP contribution in [0.3, 0.4) is 0 Å². The zero-order valence-corrected chi connectivity index (χ0v) is 8.33. The molecule has 0 aliphatic rings. The fourth-order valence-corrected chi connectivity index (χ4v) is 0.845. The van der Waals surface area contributed by atoms with E-state index in [0.29, 0.717) is 0 Å². The molecular formula is C11H18O. The van der Waals surface area contributed by atoms with Gasteiger partial charge in [0.1, 0.15) is 0 Å². The van der Waals surface area contributed by atoms with Crippen molar-refractivity contribution in [2.24, 2.45) is 0 Å². The molecule has 0 radical (unpaired) electrons. The molecule has 0 saturated carbocycles. The van der Waals surface area contributed by atoms with Gasteiger partial charge in [-0.3, -0.25) is 0 Å². The average molecular weight is 166 g/mol. The van der Waals surface area contributed by atoms with Gasteiger partial charge in [-0.05, 0) is 19.4 Å². The third kappa shape index (κ3) is 3.54. The quantitative estimate of drug-likeness (QED) is 0.679. The first-order chi connectivity index (χ1) is 5.70. The minimum absolute atomic E-state index is 0.347. The van der Waals surface area contributed by atoms with Gasteiger partial charge in [-0.15, -0.1) is 0 Å². The monoisotopic (exact) mass is 166 g/mol. The van der Waals surface area contributed by atoms with Gasteiger partial charge in [0.2, 0.25) is 0 Å². The van der Waals surface area contributed by atoms with Crippen molar-refractivity contribution < 1.29 is 5.11 Å². The second-order valence-corrected chi connectivity index (χ2v) is 2.59. The Morgan fingerprint density at radius 2 is 1.50 bits per heavy atom. The standard InChI is InChI=1S/C9H12O.C2H6/c1-7-3-5-9(6-4-7)8(2)10;1-2/h3-6,8,10H,1-2H3;1-2H3/t8-;/m0./s1. The predicted octanol–water partition coefficient (Wildman–Crippen LogP) is 3.07. The summed E-state index contributed by atoms with van der Waals surface area (Å²) in [6.07, 6.45) is -0.347. The van der Waals surface area contributed by atoms with Crippen LogP contribution in [-0.2, 0) is 0 Å². The maximum absolute atomic E-state index is 9.11. The Morgan fingerprint density at radius 1 is 1.08 bits per heavy atom. The Balaban J connectivity index is 0.000000561. The molecular weight excluding hydrogens is 148 g/mol. The van der Waals surface area contributed by atoms with Gasteiger partial charge in [0.15, 0.2) is 0 Å². The third-order valence-corrected chi connectivity index (χ3v) is 1.56. The Morgan fingerprint density at radius 3 is 1.83 bits per heavy atom. The average Bonchev–Trinajstić information content (AvgIpc) is 2.09. The second kappa shape index (κ2) is 5.78. The van der Waals surface area contributed by atoms with E-state index < -0.39 is 0 Å². The normalized spacial score (nSPS) is 11.4. The molecule has 0 aliphatic carbocycles. The fourth-order valence-electron chi connectivity index (χ4n) is 0.845. The van der Waals surface area contributed by atoms with Gasteiger partial charge in [-0.25, -0.2) is 0 Å². The van der Waals surface area contributed by atoms with Crippen LogP contribution in [0.25, 0.3) is 0 Å². The summed E-state index contributed by atoms with van der Waals surface area (Å²) >= 11 is 0. The van der Waals surface area contributed by atoms with Gasteiger partial charge in [0, 0.05) is 0 Å². The van der Waals surface area contributed by atoms with Crippen molar-refractivity contribution in [3.63, 3.8) is 0 Å². The van der Waals surface area contributed by atoms with E-state index in [2.05, 4.69) is 0 Å². The molecule has 0 saturated heterocycles. The van der Waals surface area contributed by atoms with Crippen molar-refractivity contribution in [1.29, 1.82) is 0 Å². The molecule has 1 aromatic rings. The lowest BCUT2D eigenvalue weighted by molar-refractivity contribution is 0.199. The van der Waals surface area contributed by atoms with Crippen LogP contribution in [0, 0.1) is 6.92 Å². The highest BCUT2D eigenvalue weighted by Crippen LogP contribution is 2.11. The van der Waals surface area contributed by atoms with Gasteiger partial charge in [-0.1, -0.05) is 43.7 Å². The maximum Gasteiger partial charge on any atom is 0.0761 e. The van der Waals surface area contributed by atoms with Crippen molar-refractivity contribution in [3.8, 4) is 0 Å². The molecule has 0 amide bonds. The molecule has 12 heavy (non-hydrogen) atoms. The summed E-state index contributed by atoms with van der Waals surface area (Å²) in [6.45, 7) is 7.80. The van der Waals surface area contributed by atoms with Crippen LogP contribution in [-0.4, -0.2) is 5.11 Å². The summed E-state index contributed by atoms with van der Waals surface area (Å²) in [5, 5.41) is 9.11. The molecule has 1 atom stereocenters. The Kier molecular flexibility index (Phi) is 5.39. The first kappa shape index (κ1) is 11.2. The molecule has 1 heteroatoms. The smallest absolute Gasteiger partial charge is 0.0761 e. The van der Waals surface area contributed by atoms with Crippen LogP contribution in [0.1, 0.15) is 38.0 Å². The zero-order chi connectivity index (χ0) is 9.56. The summed E-state index contributed by atoms with van der Waals surface area (Å²) < 4.78 is 0. The van der Waals surface area contributed by atoms with Crippen LogP contribution in [0.2, 0.25) is 0 Å². The Labute approximate surface area is 75.1 Å². The molecule has 0 unspecified atom stereocenters. The number of aryl methyl sites for hydroxylation is 1. The lowest BCUT2D eigenvalue weighted by atomic mass is 10.1. The molecule has 0 fully saturated rings. The van der Waals surface area contributed by atoms with Crippen LogP contribution in [0.15, 0.2) is 24.3 Å². The summed E-state index contributed by atoms with van der Waals surface area (Å²) in [4.78, 5) is 0. The minimum atomic E-state index is -0.347. The molecule has 1 nitrogen and oxygen atoms in total. The van der Waals surface area contributed by atoms with Crippen LogP contribution in [0.4, 0.5) is 0 Å². The van der Waals surface area contributed by atoms with Crippen molar-refractivity contribution >= 4 is 0 Å². The van der Waals surface area contributed by atoms with Crippen LogP contribution < -0.4 is 0 Å². The van der Waals surface area contributed by atoms with Crippen molar-refractivity contribution in [2.45, 2.75) is 33.8 Å². The van der Waals surface area contributed by atoms with Gasteiger partial charge < -0.3 is 5.11 Å². The lowest BCUT2D eigenvalue weighted by Crippen LogP contribution is -1.89. The Bertz CT molecular complexity index is 199. The molecule has 0 bridgehead atoms. The third-order valence-electron chi connectivity index (χ3n) is 1.56. The first-order valence-corrected chi connectivity index (χ1v) is 4.45. The number of aliphatic hydroxyl groups is 1. The SMILES string of the molecule is CC.Cc1ccc([C@H](C)O)cc1. The molecule has 1 aromatic carbocycles. The second-order valence-electron chi connectivity index (χ2n) is 2.59. The summed E-state index contributed by atoms with van der Waals surface area (Å²) in [5.74, 6) is 0. The van der Waals surface area contributed by atoms with Gasteiger partial charge in [0.05, 0.1) is 6.10 Å². The van der Waals surface area contributed by atoms with Crippen LogP contribution >= 0.6 is 0 Å². The number of benzene rings is 1. The van der Waals surface area contributed by atoms with E-state index in [4.69, 9.17) is 5.11 Å². The highest BCUT2D eigenvalue weighted by atomic mass is 16.3.